The summed E-state index contributed by atoms with van der Waals surface area (Å²) in [5.74, 6) is -7.42. The third kappa shape index (κ3) is 11.7. The third-order valence-electron chi connectivity index (χ3n) is 11.2. The van der Waals surface area contributed by atoms with Crippen molar-refractivity contribution in [2.45, 2.75) is 63.7 Å². The van der Waals surface area contributed by atoms with Gasteiger partial charge in [-0.25, -0.2) is 28.0 Å². The van der Waals surface area contributed by atoms with Gasteiger partial charge in [0.25, 0.3) is 0 Å². The number of aromatic nitrogens is 2. The number of carboxylic acids is 4. The zero-order valence-electron chi connectivity index (χ0n) is 35.3. The van der Waals surface area contributed by atoms with E-state index in [0.29, 0.717) is 34.1 Å². The van der Waals surface area contributed by atoms with Crippen molar-refractivity contribution in [3.05, 3.63) is 141 Å². The molecule has 19 heteroatoms. The van der Waals surface area contributed by atoms with Crippen molar-refractivity contribution < 1.29 is 63.5 Å². The number of benzene rings is 4. The quantitative estimate of drug-likeness (QED) is 0.0618. The second kappa shape index (κ2) is 20.6. The maximum absolute atomic E-state index is 13.1. The number of carbonyl (C=O) groups excluding carboxylic acids is 2. The van der Waals surface area contributed by atoms with Crippen LogP contribution < -0.4 is 22.9 Å². The van der Waals surface area contributed by atoms with Crippen LogP contribution in [0.25, 0.3) is 21.8 Å². The van der Waals surface area contributed by atoms with E-state index < -0.39 is 35.2 Å². The number of hydrogen-bond acceptors (Lipinski definition) is 10. The number of carbonyl (C=O) groups is 6. The van der Waals surface area contributed by atoms with Crippen LogP contribution in [0.5, 0.6) is 0 Å². The molecule has 65 heavy (non-hydrogen) atoms. The number of nitrogens with one attached hydrogen (secondary N) is 2. The molecule has 8 rings (SSSR count). The maximum atomic E-state index is 13.1. The molecule has 0 aliphatic heterocycles. The van der Waals surface area contributed by atoms with Crippen LogP contribution in [0.1, 0.15) is 93.9 Å². The highest BCUT2D eigenvalue weighted by atomic mass is 19.1. The second-order valence-corrected chi connectivity index (χ2v) is 15.8. The Morgan fingerprint density at radius 3 is 1.11 bits per heavy atom. The summed E-state index contributed by atoms with van der Waals surface area (Å²) in [5, 5.41) is 31.5. The van der Waals surface area contributed by atoms with Crippen LogP contribution in [0.2, 0.25) is 0 Å². The van der Waals surface area contributed by atoms with Gasteiger partial charge in [0.1, 0.15) is 23.0 Å². The summed E-state index contributed by atoms with van der Waals surface area (Å²) in [5.41, 5.74) is 31.6. The van der Waals surface area contributed by atoms with Gasteiger partial charge in [-0.1, -0.05) is 26.7 Å². The van der Waals surface area contributed by atoms with Crippen LogP contribution in [0.4, 0.5) is 8.78 Å². The highest BCUT2D eigenvalue weighted by Crippen LogP contribution is 2.40. The summed E-state index contributed by atoms with van der Waals surface area (Å²) in [6, 6.07) is 22.3. The van der Waals surface area contributed by atoms with Crippen LogP contribution in [0.3, 0.4) is 0 Å². The van der Waals surface area contributed by atoms with Gasteiger partial charge in [-0.3, -0.25) is 9.59 Å². The van der Waals surface area contributed by atoms with Crippen LogP contribution in [0, 0.1) is 23.5 Å². The molecule has 2 atom stereocenters. The Bertz CT molecular complexity index is 2530. The van der Waals surface area contributed by atoms with Crippen molar-refractivity contribution in [3.63, 3.8) is 0 Å². The minimum absolute atomic E-state index is 0. The number of H-pyrrole nitrogens is 2. The standard InChI is InChI=1S/2C21H22FN3O.2C2H2O4.H2O/c2*1-2-12-9-17-16-10-14(19(26)13-3-6-15(22)7-4-13)5-8-18(16)25-20(17)21(23,24)11-12;2*3-1(4)2(5)6;/h2*3-8,10,12,25H,2,9,11,23-24H2,1H3;2*(H,3,4)(H,5,6);1H2. The molecule has 0 saturated carbocycles. The molecule has 2 aliphatic carbocycles. The summed E-state index contributed by atoms with van der Waals surface area (Å²) in [7, 11) is 0. The molecule has 2 aliphatic rings. The number of hydrogen-bond donors (Lipinski definition) is 10. The molecule has 0 spiro atoms. The van der Waals surface area contributed by atoms with Gasteiger partial charge < -0.3 is 58.8 Å². The number of aliphatic carboxylic acids is 4. The van der Waals surface area contributed by atoms with E-state index in [4.69, 9.17) is 62.5 Å². The normalized spacial score (nSPS) is 16.3. The lowest BCUT2D eigenvalue weighted by atomic mass is 9.79. The molecule has 0 fully saturated rings. The van der Waals surface area contributed by atoms with E-state index in [1.54, 1.807) is 12.1 Å². The number of aromatic amines is 2. The topological polar surface area (TPSA) is 350 Å². The van der Waals surface area contributed by atoms with Gasteiger partial charge in [-0.05, 0) is 134 Å². The third-order valence-corrected chi connectivity index (χ3v) is 11.2. The molecule has 2 heterocycles. The predicted molar refractivity (Wildman–Crippen MR) is 235 cm³/mol. The highest BCUT2D eigenvalue weighted by Gasteiger charge is 2.37. The monoisotopic (exact) mass is 900 g/mol. The summed E-state index contributed by atoms with van der Waals surface area (Å²) in [6.45, 7) is 4.29. The Labute approximate surface area is 369 Å². The van der Waals surface area contributed by atoms with Crippen LogP contribution in [-0.2, 0) is 43.3 Å². The van der Waals surface area contributed by atoms with Crippen molar-refractivity contribution >= 4 is 57.2 Å². The summed E-state index contributed by atoms with van der Waals surface area (Å²) in [4.78, 5) is 68.6. The number of carboxylic acid groups (broad SMARTS) is 4. The zero-order chi connectivity index (χ0) is 47.3. The number of fused-ring (bicyclic) bond motifs is 6. The van der Waals surface area contributed by atoms with E-state index >= 15 is 0 Å². The molecule has 0 saturated heterocycles. The molecule has 0 radical (unpaired) electrons. The Balaban J connectivity index is 0.000000225. The molecule has 17 nitrogen and oxygen atoms in total. The first-order valence-electron chi connectivity index (χ1n) is 20.0. The predicted octanol–water partition coefficient (Wildman–Crippen LogP) is 4.65. The summed E-state index contributed by atoms with van der Waals surface area (Å²) in [6.07, 6.45) is 5.30. The van der Waals surface area contributed by atoms with Crippen molar-refractivity contribution in [3.8, 4) is 0 Å². The van der Waals surface area contributed by atoms with Crippen molar-refractivity contribution in [2.75, 3.05) is 0 Å². The van der Waals surface area contributed by atoms with Crippen LogP contribution >= 0.6 is 0 Å². The molecule has 0 amide bonds. The highest BCUT2D eigenvalue weighted by molar-refractivity contribution is 6.28. The van der Waals surface area contributed by atoms with Gasteiger partial charge in [-0.15, -0.1) is 0 Å². The molecule has 2 aromatic heterocycles. The molecule has 6 aromatic rings. The molecule has 16 N–H and O–H groups in total. The lowest BCUT2D eigenvalue weighted by Gasteiger charge is -2.34. The Morgan fingerprint density at radius 2 is 0.831 bits per heavy atom. The average molecular weight is 901 g/mol. The van der Waals surface area contributed by atoms with E-state index in [9.17, 15) is 18.4 Å². The first-order valence-corrected chi connectivity index (χ1v) is 20.0. The summed E-state index contributed by atoms with van der Waals surface area (Å²) < 4.78 is 26.2. The minimum Gasteiger partial charge on any atom is -0.473 e. The van der Waals surface area contributed by atoms with Crippen molar-refractivity contribution in [1.29, 1.82) is 0 Å². The lowest BCUT2D eigenvalue weighted by Crippen LogP contribution is -2.50. The molecule has 0 bridgehead atoms. The first kappa shape index (κ1) is 50.5. The van der Waals surface area contributed by atoms with Gasteiger partial charge in [0.05, 0.1) is 11.4 Å². The first-order chi connectivity index (χ1) is 30.1. The van der Waals surface area contributed by atoms with Gasteiger partial charge in [-0.2, -0.15) is 0 Å². The molecule has 4 aromatic carbocycles. The fraction of sp³-hybridized carbons (Fsp3) is 0.261. The second-order valence-electron chi connectivity index (χ2n) is 15.8. The van der Waals surface area contributed by atoms with E-state index in [1.165, 1.54) is 48.5 Å². The lowest BCUT2D eigenvalue weighted by molar-refractivity contribution is -0.159. The Hall–Kier alpha value is -7.16. The van der Waals surface area contributed by atoms with Gasteiger partial charge >= 0.3 is 23.9 Å². The maximum Gasteiger partial charge on any atom is 0.414 e. The van der Waals surface area contributed by atoms with E-state index in [0.717, 1.165) is 82.8 Å². The van der Waals surface area contributed by atoms with E-state index in [1.807, 2.05) is 24.3 Å². The fourth-order valence-corrected chi connectivity index (χ4v) is 7.99. The van der Waals surface area contributed by atoms with Gasteiger partial charge in [0.2, 0.25) is 0 Å². The fourth-order valence-electron chi connectivity index (χ4n) is 7.99. The van der Waals surface area contributed by atoms with Gasteiger partial charge in [0.15, 0.2) is 11.6 Å². The average Bonchev–Trinajstić information content (AvgIpc) is 3.83. The Morgan fingerprint density at radius 1 is 0.538 bits per heavy atom. The van der Waals surface area contributed by atoms with Gasteiger partial charge in [0, 0.05) is 44.1 Å². The smallest absolute Gasteiger partial charge is 0.414 e. The SMILES string of the molecule is CCC1Cc2c([nH]c3ccc(C(=O)c4ccc(F)cc4)cc23)C(N)(N)C1.CCC1Cc2c([nH]c3ccc(C(=O)c4ccc(F)cc4)cc23)C(N)(N)C1.O.O=C(O)C(=O)O.O=C(O)C(=O)O. The molecular weight excluding hydrogens is 851 g/mol. The molecule has 344 valence electrons. The zero-order valence-corrected chi connectivity index (χ0v) is 35.3. The van der Waals surface area contributed by atoms with E-state index in [-0.39, 0.29) is 28.7 Å². The number of ketones is 2. The number of halogens is 2. The molecule has 2 unspecified atom stereocenters. The van der Waals surface area contributed by atoms with Crippen molar-refractivity contribution in [1.82, 2.24) is 9.97 Å². The Kier molecular flexibility index (Phi) is 16.0. The van der Waals surface area contributed by atoms with E-state index in [2.05, 4.69) is 23.8 Å². The molecular formula is C46H50F2N6O11. The number of nitrogens with two attached hydrogens (primary N) is 4. The van der Waals surface area contributed by atoms with Crippen LogP contribution in [-0.4, -0.2) is 71.3 Å². The minimum atomic E-state index is -1.82. The van der Waals surface area contributed by atoms with Crippen LogP contribution in [0.15, 0.2) is 84.9 Å². The summed E-state index contributed by atoms with van der Waals surface area (Å²) >= 11 is 0. The number of rotatable bonds is 6. The largest absolute Gasteiger partial charge is 0.473 e. The van der Waals surface area contributed by atoms with Crippen molar-refractivity contribution in [2.24, 2.45) is 34.8 Å².